The van der Waals surface area contributed by atoms with Crippen molar-refractivity contribution in [2.45, 2.75) is 26.7 Å². The average Bonchev–Trinajstić information content (AvgIpc) is 2.22. The van der Waals surface area contributed by atoms with Gasteiger partial charge in [0.1, 0.15) is 5.82 Å². The fraction of sp³-hybridized carbons (Fsp3) is 0.462. The van der Waals surface area contributed by atoms with Crippen LogP contribution in [0, 0.1) is 11.7 Å². The van der Waals surface area contributed by atoms with E-state index in [0.717, 1.165) is 5.56 Å². The van der Waals surface area contributed by atoms with Gasteiger partial charge < -0.3 is 5.32 Å². The molecule has 1 aromatic carbocycles. The average molecular weight is 258 g/mol. The fourth-order valence-corrected chi connectivity index (χ4v) is 1.69. The Hall–Kier alpha value is -1.09. The second-order valence-corrected chi connectivity index (χ2v) is 4.85. The van der Waals surface area contributed by atoms with Crippen LogP contribution in [0.4, 0.5) is 4.39 Å². The van der Waals surface area contributed by atoms with Crippen LogP contribution >= 0.6 is 11.6 Å². The lowest BCUT2D eigenvalue weighted by Crippen LogP contribution is -2.26. The molecule has 0 saturated heterocycles. The highest BCUT2D eigenvalue weighted by molar-refractivity contribution is 6.30. The van der Waals surface area contributed by atoms with E-state index < -0.39 is 5.82 Å². The molecule has 0 aliphatic rings. The molecule has 0 heterocycles. The standard InChI is InChI=1S/C13H17ClFNO/c1-9(2)7-13(17)16-6-5-10-3-4-12(15)11(14)8-10/h3-4,8-9H,5-7H2,1-2H3,(H,16,17). The van der Waals surface area contributed by atoms with Gasteiger partial charge in [-0.2, -0.15) is 0 Å². The van der Waals surface area contributed by atoms with Crippen LogP contribution in [0.25, 0.3) is 0 Å². The lowest BCUT2D eigenvalue weighted by molar-refractivity contribution is -0.121. The van der Waals surface area contributed by atoms with E-state index in [0.29, 0.717) is 25.3 Å². The first kappa shape index (κ1) is 14.0. The van der Waals surface area contributed by atoms with E-state index in [1.165, 1.54) is 6.07 Å². The predicted octanol–water partition coefficient (Wildman–Crippen LogP) is 3.18. The number of halogens is 2. The van der Waals surface area contributed by atoms with Crippen LogP contribution in [0.5, 0.6) is 0 Å². The Balaban J connectivity index is 2.36. The van der Waals surface area contributed by atoms with Gasteiger partial charge in [0.05, 0.1) is 5.02 Å². The van der Waals surface area contributed by atoms with Crippen LogP contribution in [0.3, 0.4) is 0 Å². The summed E-state index contributed by atoms with van der Waals surface area (Å²) in [6.45, 7) is 4.55. The number of hydrogen-bond donors (Lipinski definition) is 1. The summed E-state index contributed by atoms with van der Waals surface area (Å²) in [4.78, 5) is 11.4. The van der Waals surface area contributed by atoms with Gasteiger partial charge in [-0.25, -0.2) is 4.39 Å². The van der Waals surface area contributed by atoms with Gasteiger partial charge in [0, 0.05) is 13.0 Å². The smallest absolute Gasteiger partial charge is 0.220 e. The molecular formula is C13H17ClFNO. The zero-order valence-electron chi connectivity index (χ0n) is 10.1. The van der Waals surface area contributed by atoms with E-state index in [9.17, 15) is 9.18 Å². The van der Waals surface area contributed by atoms with Crippen molar-refractivity contribution in [3.8, 4) is 0 Å². The zero-order valence-corrected chi connectivity index (χ0v) is 10.9. The molecule has 0 aromatic heterocycles. The van der Waals surface area contributed by atoms with Gasteiger partial charge in [-0.05, 0) is 30.0 Å². The molecule has 1 aromatic rings. The molecule has 0 radical (unpaired) electrons. The van der Waals surface area contributed by atoms with Gasteiger partial charge >= 0.3 is 0 Å². The van der Waals surface area contributed by atoms with Crippen molar-refractivity contribution in [2.75, 3.05) is 6.54 Å². The molecule has 4 heteroatoms. The topological polar surface area (TPSA) is 29.1 Å². The highest BCUT2D eigenvalue weighted by Gasteiger charge is 2.04. The Labute approximate surface area is 106 Å². The van der Waals surface area contributed by atoms with Crippen molar-refractivity contribution in [3.05, 3.63) is 34.6 Å². The predicted molar refractivity (Wildman–Crippen MR) is 67.6 cm³/mol. The summed E-state index contributed by atoms with van der Waals surface area (Å²) in [6.07, 6.45) is 1.19. The number of nitrogens with one attached hydrogen (secondary N) is 1. The van der Waals surface area contributed by atoms with E-state index in [-0.39, 0.29) is 10.9 Å². The maximum atomic E-state index is 12.9. The summed E-state index contributed by atoms with van der Waals surface area (Å²) >= 11 is 5.66. The molecule has 2 nitrogen and oxygen atoms in total. The van der Waals surface area contributed by atoms with Gasteiger partial charge in [-0.1, -0.05) is 31.5 Å². The maximum Gasteiger partial charge on any atom is 0.220 e. The SMILES string of the molecule is CC(C)CC(=O)NCCc1ccc(F)c(Cl)c1. The molecule has 0 aliphatic carbocycles. The molecule has 0 spiro atoms. The quantitative estimate of drug-likeness (QED) is 0.862. The van der Waals surface area contributed by atoms with Crippen LogP contribution in [0.15, 0.2) is 18.2 Å². The van der Waals surface area contributed by atoms with E-state index in [4.69, 9.17) is 11.6 Å². The largest absolute Gasteiger partial charge is 0.356 e. The molecule has 17 heavy (non-hydrogen) atoms. The van der Waals surface area contributed by atoms with Crippen molar-refractivity contribution < 1.29 is 9.18 Å². The zero-order chi connectivity index (χ0) is 12.8. The van der Waals surface area contributed by atoms with Crippen molar-refractivity contribution in [1.29, 1.82) is 0 Å². The van der Waals surface area contributed by atoms with E-state index in [2.05, 4.69) is 5.32 Å². The maximum absolute atomic E-state index is 12.9. The molecule has 0 atom stereocenters. The molecule has 94 valence electrons. The van der Waals surface area contributed by atoms with Crippen LogP contribution in [-0.4, -0.2) is 12.5 Å². The summed E-state index contributed by atoms with van der Waals surface area (Å²) in [5, 5.41) is 2.94. The van der Waals surface area contributed by atoms with Gasteiger partial charge in [0.15, 0.2) is 0 Å². The van der Waals surface area contributed by atoms with Gasteiger partial charge in [-0.3, -0.25) is 4.79 Å². The normalized spacial score (nSPS) is 10.6. The fourth-order valence-electron chi connectivity index (χ4n) is 1.48. The minimum atomic E-state index is -0.417. The molecule has 0 aliphatic heterocycles. The van der Waals surface area contributed by atoms with Gasteiger partial charge in [-0.15, -0.1) is 0 Å². The Kier molecular flexibility index (Phi) is 5.42. The van der Waals surface area contributed by atoms with Gasteiger partial charge in [0.2, 0.25) is 5.91 Å². The van der Waals surface area contributed by atoms with Crippen LogP contribution < -0.4 is 5.32 Å². The molecule has 0 saturated carbocycles. The first-order valence-electron chi connectivity index (χ1n) is 5.69. The number of hydrogen-bond acceptors (Lipinski definition) is 1. The Morgan fingerprint density at radius 3 is 2.76 bits per heavy atom. The summed E-state index contributed by atoms with van der Waals surface area (Å²) in [5.74, 6) is -0.0114. The third-order valence-electron chi connectivity index (χ3n) is 2.31. The number of benzene rings is 1. The van der Waals surface area contributed by atoms with Crippen molar-refractivity contribution in [2.24, 2.45) is 5.92 Å². The second-order valence-electron chi connectivity index (χ2n) is 4.45. The number of carbonyl (C=O) groups excluding carboxylic acids is 1. The Morgan fingerprint density at radius 1 is 1.47 bits per heavy atom. The highest BCUT2D eigenvalue weighted by atomic mass is 35.5. The first-order chi connectivity index (χ1) is 7.99. The molecule has 0 fully saturated rings. The van der Waals surface area contributed by atoms with Crippen molar-refractivity contribution >= 4 is 17.5 Å². The Morgan fingerprint density at radius 2 is 2.18 bits per heavy atom. The van der Waals surface area contributed by atoms with Crippen molar-refractivity contribution in [3.63, 3.8) is 0 Å². The van der Waals surface area contributed by atoms with E-state index >= 15 is 0 Å². The summed E-state index contributed by atoms with van der Waals surface area (Å²) in [5.41, 5.74) is 0.918. The first-order valence-corrected chi connectivity index (χ1v) is 6.07. The van der Waals surface area contributed by atoms with E-state index in [1.54, 1.807) is 12.1 Å². The molecule has 1 amide bonds. The highest BCUT2D eigenvalue weighted by Crippen LogP contribution is 2.16. The number of amides is 1. The van der Waals surface area contributed by atoms with Crippen LogP contribution in [0.2, 0.25) is 5.02 Å². The number of carbonyl (C=O) groups is 1. The molecule has 0 bridgehead atoms. The Bertz CT molecular complexity index is 393. The van der Waals surface area contributed by atoms with Crippen LogP contribution in [0.1, 0.15) is 25.8 Å². The summed E-state index contributed by atoms with van der Waals surface area (Å²) in [6, 6.07) is 4.61. The second kappa shape index (κ2) is 6.60. The summed E-state index contributed by atoms with van der Waals surface area (Å²) in [7, 11) is 0. The third kappa shape index (κ3) is 5.18. The van der Waals surface area contributed by atoms with Gasteiger partial charge in [0.25, 0.3) is 0 Å². The molecule has 1 rings (SSSR count). The minimum Gasteiger partial charge on any atom is -0.356 e. The summed E-state index contributed by atoms with van der Waals surface area (Å²) < 4.78 is 12.9. The lowest BCUT2D eigenvalue weighted by atomic mass is 10.1. The minimum absolute atomic E-state index is 0.0493. The third-order valence-corrected chi connectivity index (χ3v) is 2.60. The number of rotatable bonds is 5. The van der Waals surface area contributed by atoms with Crippen molar-refractivity contribution in [1.82, 2.24) is 5.32 Å². The molecular weight excluding hydrogens is 241 g/mol. The van der Waals surface area contributed by atoms with Crippen LogP contribution in [-0.2, 0) is 11.2 Å². The van der Waals surface area contributed by atoms with E-state index in [1.807, 2.05) is 13.8 Å². The monoisotopic (exact) mass is 257 g/mol. The molecule has 1 N–H and O–H groups in total. The lowest BCUT2D eigenvalue weighted by Gasteiger charge is -2.07. The molecule has 0 unspecified atom stereocenters.